The highest BCUT2D eigenvalue weighted by Gasteiger charge is 2.52. The minimum Gasteiger partial charge on any atom is -0.365 e. The van der Waals surface area contributed by atoms with Crippen LogP contribution in [0.15, 0.2) is 57.8 Å². The lowest BCUT2D eigenvalue weighted by atomic mass is 9.61. The first-order valence-corrected chi connectivity index (χ1v) is 10.9. The van der Waals surface area contributed by atoms with Gasteiger partial charge >= 0.3 is 0 Å². The van der Waals surface area contributed by atoms with Crippen LogP contribution in [0.25, 0.3) is 10.8 Å². The van der Waals surface area contributed by atoms with E-state index in [1.54, 1.807) is 0 Å². The monoisotopic (exact) mass is 401 g/mol. The van der Waals surface area contributed by atoms with Crippen molar-refractivity contribution in [1.29, 1.82) is 0 Å². The molecule has 0 radical (unpaired) electrons. The number of benzene rings is 2. The number of fused-ring (bicyclic) bond motifs is 1. The van der Waals surface area contributed by atoms with Crippen molar-refractivity contribution in [3.63, 3.8) is 0 Å². The van der Waals surface area contributed by atoms with Gasteiger partial charge in [-0.15, -0.1) is 0 Å². The molecule has 3 fully saturated rings. The molecule has 1 saturated carbocycles. The van der Waals surface area contributed by atoms with E-state index in [4.69, 9.17) is 5.73 Å². The van der Waals surface area contributed by atoms with Gasteiger partial charge in [0, 0.05) is 54.8 Å². The van der Waals surface area contributed by atoms with Gasteiger partial charge in [0.05, 0.1) is 12.3 Å². The highest BCUT2D eigenvalue weighted by atomic mass is 15.3. The number of hydrogen-bond acceptors (Lipinski definition) is 5. The van der Waals surface area contributed by atoms with E-state index >= 15 is 0 Å². The summed E-state index contributed by atoms with van der Waals surface area (Å²) in [5.41, 5.74) is 11.5. The first kappa shape index (κ1) is 19.3. The average molecular weight is 402 g/mol. The van der Waals surface area contributed by atoms with Crippen LogP contribution in [0, 0.1) is 12.3 Å². The first-order chi connectivity index (χ1) is 14.5. The van der Waals surface area contributed by atoms with Crippen LogP contribution in [-0.4, -0.2) is 56.6 Å². The third-order valence-electron chi connectivity index (χ3n) is 7.18. The van der Waals surface area contributed by atoms with E-state index in [1.165, 1.54) is 27.6 Å². The Hall–Kier alpha value is -2.66. The number of likely N-dealkylation sites (tertiary alicyclic amines) is 1. The second kappa shape index (κ2) is 7.24. The van der Waals surface area contributed by atoms with Crippen LogP contribution in [0.1, 0.15) is 24.8 Å². The van der Waals surface area contributed by atoms with Crippen LogP contribution in [0.5, 0.6) is 0 Å². The molecule has 3 aliphatic rings. The summed E-state index contributed by atoms with van der Waals surface area (Å²) in [6, 6.07) is 13.5. The van der Waals surface area contributed by atoms with Crippen LogP contribution in [0.2, 0.25) is 0 Å². The molecule has 1 aliphatic carbocycles. The molecule has 0 bridgehead atoms. The maximum atomic E-state index is 6.03. The van der Waals surface area contributed by atoms with E-state index in [0.29, 0.717) is 11.5 Å². The summed E-state index contributed by atoms with van der Waals surface area (Å²) in [7, 11) is 1.90. The Bertz CT molecular complexity index is 1050. The summed E-state index contributed by atoms with van der Waals surface area (Å²) in [6.45, 7) is 9.98. The zero-order valence-electron chi connectivity index (χ0n) is 18.1. The lowest BCUT2D eigenvalue weighted by molar-refractivity contribution is -0.0520. The van der Waals surface area contributed by atoms with Gasteiger partial charge in [0.1, 0.15) is 5.82 Å². The van der Waals surface area contributed by atoms with Crippen molar-refractivity contribution in [1.82, 2.24) is 4.90 Å². The van der Waals surface area contributed by atoms with E-state index in [9.17, 15) is 0 Å². The Morgan fingerprint density at radius 2 is 1.90 bits per heavy atom. The molecule has 2 saturated heterocycles. The van der Waals surface area contributed by atoms with Crippen molar-refractivity contribution >= 4 is 28.9 Å². The second-order valence-electron chi connectivity index (χ2n) is 9.28. The normalized spacial score (nSPS) is 24.2. The van der Waals surface area contributed by atoms with Crippen molar-refractivity contribution in [2.24, 2.45) is 21.1 Å². The van der Waals surface area contributed by atoms with Crippen molar-refractivity contribution < 1.29 is 0 Å². The Morgan fingerprint density at radius 3 is 2.57 bits per heavy atom. The predicted molar refractivity (Wildman–Crippen MR) is 127 cm³/mol. The Morgan fingerprint density at radius 1 is 1.17 bits per heavy atom. The molecule has 2 N–H and O–H groups in total. The molecule has 156 valence electrons. The number of piperidine rings is 1. The molecule has 0 unspecified atom stereocenters. The fraction of sp³-hybridized carbons (Fsp3) is 0.440. The average Bonchev–Trinajstić information content (AvgIpc) is 2.71. The number of aliphatic imine (C=N–C) groups is 2. The molecule has 0 atom stereocenters. The predicted octanol–water partition coefficient (Wildman–Crippen LogP) is 3.76. The van der Waals surface area contributed by atoms with E-state index < -0.39 is 0 Å². The summed E-state index contributed by atoms with van der Waals surface area (Å²) >= 11 is 0. The number of nitrogens with zero attached hydrogens (tertiary/aromatic N) is 4. The molecule has 0 aromatic heterocycles. The second-order valence-corrected chi connectivity index (χ2v) is 9.28. The van der Waals surface area contributed by atoms with Gasteiger partial charge in [-0.3, -0.25) is 4.99 Å². The van der Waals surface area contributed by atoms with E-state index in [1.807, 2.05) is 7.05 Å². The number of hydrogen-bond donors (Lipinski definition) is 1. The molecule has 2 aliphatic heterocycles. The van der Waals surface area contributed by atoms with Crippen LogP contribution in [-0.2, 0) is 0 Å². The summed E-state index contributed by atoms with van der Waals surface area (Å²) in [6.07, 6.45) is 3.23. The summed E-state index contributed by atoms with van der Waals surface area (Å²) in [4.78, 5) is 14.0. The summed E-state index contributed by atoms with van der Waals surface area (Å²) in [5.74, 6) is 1.04. The smallest absolute Gasteiger partial charge is 0.132 e. The lowest BCUT2D eigenvalue weighted by Crippen LogP contribution is -2.64. The number of nitrogens with two attached hydrogens (primary N) is 1. The fourth-order valence-electron chi connectivity index (χ4n) is 5.78. The molecule has 2 aromatic rings. The first-order valence-electron chi connectivity index (χ1n) is 10.9. The lowest BCUT2D eigenvalue weighted by Gasteiger charge is -2.59. The Balaban J connectivity index is 1.41. The minimum absolute atomic E-state index is 0.389. The molecular formula is C25H31N5. The van der Waals surface area contributed by atoms with Gasteiger partial charge in [-0.05, 0) is 49.9 Å². The van der Waals surface area contributed by atoms with Crippen molar-refractivity contribution in [3.05, 3.63) is 53.4 Å². The van der Waals surface area contributed by atoms with E-state index in [2.05, 4.69) is 69.8 Å². The molecule has 2 aromatic carbocycles. The van der Waals surface area contributed by atoms with Crippen LogP contribution >= 0.6 is 0 Å². The molecule has 5 heteroatoms. The van der Waals surface area contributed by atoms with Gasteiger partial charge in [0.15, 0.2) is 0 Å². The molecule has 1 spiro atoms. The van der Waals surface area contributed by atoms with Gasteiger partial charge in [-0.1, -0.05) is 30.3 Å². The number of anilines is 1. The largest absolute Gasteiger partial charge is 0.365 e. The Labute approximate surface area is 179 Å². The van der Waals surface area contributed by atoms with Gasteiger partial charge < -0.3 is 15.5 Å². The zero-order valence-corrected chi connectivity index (χ0v) is 18.1. The molecule has 5 rings (SSSR count). The fourth-order valence-corrected chi connectivity index (χ4v) is 5.78. The summed E-state index contributed by atoms with van der Waals surface area (Å²) < 4.78 is 0. The van der Waals surface area contributed by atoms with E-state index in [0.717, 1.165) is 57.0 Å². The Kier molecular flexibility index (Phi) is 4.66. The van der Waals surface area contributed by atoms with Crippen LogP contribution < -0.4 is 10.6 Å². The van der Waals surface area contributed by atoms with Gasteiger partial charge in [-0.2, -0.15) is 0 Å². The van der Waals surface area contributed by atoms with Gasteiger partial charge in [0.2, 0.25) is 0 Å². The molecular weight excluding hydrogens is 370 g/mol. The maximum Gasteiger partial charge on any atom is 0.132 e. The number of rotatable bonds is 3. The maximum absolute atomic E-state index is 6.03. The van der Waals surface area contributed by atoms with Gasteiger partial charge in [-0.25, -0.2) is 4.99 Å². The van der Waals surface area contributed by atoms with Crippen molar-refractivity contribution in [2.45, 2.75) is 32.2 Å². The van der Waals surface area contributed by atoms with Gasteiger partial charge in [0.25, 0.3) is 0 Å². The zero-order chi connectivity index (χ0) is 20.9. The van der Waals surface area contributed by atoms with E-state index in [-0.39, 0.29) is 0 Å². The highest BCUT2D eigenvalue weighted by molar-refractivity contribution is 6.06. The third-order valence-corrected chi connectivity index (χ3v) is 7.18. The molecule has 30 heavy (non-hydrogen) atoms. The molecule has 5 nitrogen and oxygen atoms in total. The van der Waals surface area contributed by atoms with Crippen molar-refractivity contribution in [3.8, 4) is 0 Å². The molecule has 0 amide bonds. The number of aryl methyl sites for hydroxylation is 1. The molecule has 2 heterocycles. The minimum atomic E-state index is 0.389. The standard InChI is InChI=1S/C25H31N5/c1-17-6-4-7-18-8-5-9-22(23(17)18)29-11-10-20(21(14-29)27-2)24(28-3)30-15-25(16-30)12-19(26)13-25/h4-9,19H,3,10-16,26H2,1-2H3/b24-20+,27-21?. The van der Waals surface area contributed by atoms with Crippen LogP contribution in [0.4, 0.5) is 5.69 Å². The quantitative estimate of drug-likeness (QED) is 0.797. The summed E-state index contributed by atoms with van der Waals surface area (Å²) in [5, 5.41) is 2.64. The van der Waals surface area contributed by atoms with Crippen LogP contribution in [0.3, 0.4) is 0 Å². The third kappa shape index (κ3) is 3.03. The van der Waals surface area contributed by atoms with Crippen molar-refractivity contribution in [2.75, 3.05) is 38.1 Å². The highest BCUT2D eigenvalue weighted by Crippen LogP contribution is 2.49. The topological polar surface area (TPSA) is 57.2 Å². The SMILES string of the molecule is C=N/C(=C1/CCN(c2cccc3cccc(C)c23)CC1=NC)N1CC2(CC(N)C2)C1.